The third-order valence-corrected chi connectivity index (χ3v) is 12.8. The van der Waals surface area contributed by atoms with Crippen molar-refractivity contribution < 1.29 is 28.6 Å². The molecule has 77 heavy (non-hydrogen) atoms. The van der Waals surface area contributed by atoms with E-state index in [0.717, 1.165) is 167 Å². The number of allylic oxidation sites excluding steroid dienone is 24. The molecule has 0 N–H and O–H groups in total. The summed E-state index contributed by atoms with van der Waals surface area (Å²) in [6.45, 7) is 6.40. The molecule has 0 aromatic heterocycles. The number of rotatable bonds is 55. The first-order chi connectivity index (χ1) is 38.0. The monoisotopic (exact) mass is 1060 g/mol. The number of hydrogen-bond donors (Lipinski definition) is 0. The van der Waals surface area contributed by atoms with Crippen LogP contribution in [0.5, 0.6) is 0 Å². The number of carbonyl (C=O) groups excluding carboxylic acids is 3. The number of carbonyl (C=O) groups is 3. The second kappa shape index (κ2) is 63.8. The normalized spacial score (nSPS) is 13.1. The molecule has 0 amide bonds. The molecule has 0 aromatic rings. The molecule has 1 unspecified atom stereocenters. The Balaban J connectivity index is 4.39. The Morgan fingerprint density at radius 1 is 0.273 bits per heavy atom. The van der Waals surface area contributed by atoms with Gasteiger partial charge in [-0.15, -0.1) is 0 Å². The van der Waals surface area contributed by atoms with Crippen LogP contribution < -0.4 is 0 Å². The highest BCUT2D eigenvalue weighted by Crippen LogP contribution is 2.14. The van der Waals surface area contributed by atoms with Crippen molar-refractivity contribution >= 4 is 17.9 Å². The van der Waals surface area contributed by atoms with Crippen molar-refractivity contribution in [3.63, 3.8) is 0 Å². The topological polar surface area (TPSA) is 78.9 Å². The lowest BCUT2D eigenvalue weighted by Gasteiger charge is -2.18. The maximum absolute atomic E-state index is 12.9. The summed E-state index contributed by atoms with van der Waals surface area (Å²) >= 11 is 0. The van der Waals surface area contributed by atoms with Crippen LogP contribution in [-0.4, -0.2) is 37.2 Å². The van der Waals surface area contributed by atoms with Crippen LogP contribution in [0.15, 0.2) is 146 Å². The Labute approximate surface area is 474 Å². The van der Waals surface area contributed by atoms with Gasteiger partial charge < -0.3 is 14.2 Å². The molecule has 0 bridgehead atoms. The molecule has 0 fully saturated rings. The van der Waals surface area contributed by atoms with Crippen LogP contribution in [0.3, 0.4) is 0 Å². The highest BCUT2D eigenvalue weighted by molar-refractivity contribution is 5.71. The fraction of sp³-hybridized carbons (Fsp3) is 0.620. The molecule has 6 nitrogen and oxygen atoms in total. The van der Waals surface area contributed by atoms with Crippen molar-refractivity contribution in [2.75, 3.05) is 13.2 Å². The Hall–Kier alpha value is -4.71. The zero-order valence-corrected chi connectivity index (χ0v) is 49.7. The summed E-state index contributed by atoms with van der Waals surface area (Å²) in [5.41, 5.74) is 0. The zero-order valence-electron chi connectivity index (χ0n) is 49.7. The second-order valence-electron chi connectivity index (χ2n) is 20.2. The quantitative estimate of drug-likeness (QED) is 0.0261. The first-order valence-electron chi connectivity index (χ1n) is 31.3. The number of ether oxygens (including phenoxy) is 3. The van der Waals surface area contributed by atoms with Crippen molar-refractivity contribution in [2.24, 2.45) is 0 Å². The minimum atomic E-state index is -0.808. The highest BCUT2D eigenvalue weighted by Gasteiger charge is 2.19. The molecule has 0 aliphatic heterocycles. The third kappa shape index (κ3) is 62.0. The van der Waals surface area contributed by atoms with E-state index >= 15 is 0 Å². The molecular weight excluding hydrogens is 949 g/mol. The summed E-state index contributed by atoms with van der Waals surface area (Å²) in [4.78, 5) is 38.2. The fourth-order valence-electron chi connectivity index (χ4n) is 8.11. The molecule has 434 valence electrons. The minimum Gasteiger partial charge on any atom is -0.462 e. The van der Waals surface area contributed by atoms with Gasteiger partial charge in [0.25, 0.3) is 0 Å². The van der Waals surface area contributed by atoms with E-state index in [0.29, 0.717) is 19.3 Å². The van der Waals surface area contributed by atoms with Gasteiger partial charge in [-0.3, -0.25) is 14.4 Å². The summed E-state index contributed by atoms with van der Waals surface area (Å²) in [6, 6.07) is 0. The van der Waals surface area contributed by atoms with E-state index in [-0.39, 0.29) is 31.1 Å². The van der Waals surface area contributed by atoms with Gasteiger partial charge in [-0.25, -0.2) is 0 Å². The second-order valence-corrected chi connectivity index (χ2v) is 20.2. The van der Waals surface area contributed by atoms with Crippen molar-refractivity contribution in [3.05, 3.63) is 146 Å². The molecule has 0 saturated carbocycles. The van der Waals surface area contributed by atoms with Crippen LogP contribution in [0.2, 0.25) is 0 Å². The van der Waals surface area contributed by atoms with E-state index in [1.807, 2.05) is 0 Å². The van der Waals surface area contributed by atoms with Gasteiger partial charge in [-0.1, -0.05) is 250 Å². The first-order valence-corrected chi connectivity index (χ1v) is 31.3. The van der Waals surface area contributed by atoms with Gasteiger partial charge in [0.05, 0.1) is 0 Å². The summed E-state index contributed by atoms with van der Waals surface area (Å²) in [5, 5.41) is 0. The van der Waals surface area contributed by atoms with Gasteiger partial charge in [-0.05, 0) is 141 Å². The predicted octanol–water partition coefficient (Wildman–Crippen LogP) is 21.5. The molecule has 0 rings (SSSR count). The maximum Gasteiger partial charge on any atom is 0.306 e. The number of esters is 3. The summed E-state index contributed by atoms with van der Waals surface area (Å²) in [6.07, 6.45) is 91.4. The minimum absolute atomic E-state index is 0.104. The molecular formula is C71H114O6. The third-order valence-electron chi connectivity index (χ3n) is 12.8. The Kier molecular flexibility index (Phi) is 59.9. The molecule has 0 heterocycles. The zero-order chi connectivity index (χ0) is 55.7. The Bertz CT molecular complexity index is 1700. The summed E-state index contributed by atoms with van der Waals surface area (Å²) < 4.78 is 16.8. The van der Waals surface area contributed by atoms with Crippen molar-refractivity contribution in [2.45, 2.75) is 271 Å². The molecule has 0 radical (unpaired) electrons. The smallest absolute Gasteiger partial charge is 0.306 e. The van der Waals surface area contributed by atoms with Crippen molar-refractivity contribution in [3.8, 4) is 0 Å². The predicted molar refractivity (Wildman–Crippen MR) is 334 cm³/mol. The standard InChI is InChI=1S/C71H114O6/c1-4-7-10-13-16-19-22-25-27-28-29-30-31-32-33-34-35-36-37-38-39-40-41-42-44-46-49-52-55-58-61-64-70(73)76-67-68(66-75-69(72)63-60-57-54-51-48-45-24-21-18-15-12-9-6-3)77-71(74)65-62-59-56-53-50-47-43-26-23-20-17-14-11-8-5-2/h7,10,12,15-16,19,21,24-27,29-30,32-33,35-36,38-39,41-43,46,49,68H,4-6,8-9,11,13-14,17-18,20,22-23,28,31,34,37,40,44-45,47-48,50-67H2,1-3H3/b10-7-,15-12-,19-16-,24-21-,27-25-,30-29-,33-32-,36-35-,39-38-,42-41-,43-26-,49-46-. The molecule has 0 aliphatic carbocycles. The van der Waals surface area contributed by atoms with Gasteiger partial charge >= 0.3 is 17.9 Å². The summed E-state index contributed by atoms with van der Waals surface area (Å²) in [7, 11) is 0. The molecule has 0 saturated heterocycles. The Morgan fingerprint density at radius 3 is 0.870 bits per heavy atom. The first kappa shape index (κ1) is 72.3. The van der Waals surface area contributed by atoms with Gasteiger partial charge in [0.2, 0.25) is 0 Å². The van der Waals surface area contributed by atoms with E-state index in [4.69, 9.17) is 14.2 Å². The van der Waals surface area contributed by atoms with Gasteiger partial charge in [-0.2, -0.15) is 0 Å². The van der Waals surface area contributed by atoms with Crippen LogP contribution in [0.4, 0.5) is 0 Å². The SMILES string of the molecule is CC/C=C\C/C=C\C/C=C\C/C=C\C/C=C\C/C=C\C/C=C\C/C=C\C/C=C\CCCCCC(=O)OCC(COC(=O)CCCCCCC/C=C\C/C=C\CCC)OC(=O)CCCCCCC/C=C\CCCCCCCC. The number of unbranched alkanes of at least 4 members (excludes halogenated alkanes) is 20. The molecule has 0 aliphatic rings. The van der Waals surface area contributed by atoms with E-state index in [2.05, 4.69) is 167 Å². The lowest BCUT2D eigenvalue weighted by Crippen LogP contribution is -2.30. The lowest BCUT2D eigenvalue weighted by atomic mass is 10.1. The molecule has 6 heteroatoms. The number of hydrogen-bond acceptors (Lipinski definition) is 6. The van der Waals surface area contributed by atoms with E-state index < -0.39 is 6.10 Å². The average molecular weight is 1060 g/mol. The van der Waals surface area contributed by atoms with Gasteiger partial charge in [0.1, 0.15) is 13.2 Å². The van der Waals surface area contributed by atoms with Crippen LogP contribution >= 0.6 is 0 Å². The van der Waals surface area contributed by atoms with Gasteiger partial charge in [0.15, 0.2) is 6.10 Å². The molecule has 1 atom stereocenters. The van der Waals surface area contributed by atoms with Crippen LogP contribution in [-0.2, 0) is 28.6 Å². The van der Waals surface area contributed by atoms with E-state index in [1.165, 1.54) is 57.8 Å². The fourth-order valence-corrected chi connectivity index (χ4v) is 8.11. The van der Waals surface area contributed by atoms with E-state index in [1.54, 1.807) is 0 Å². The lowest BCUT2D eigenvalue weighted by molar-refractivity contribution is -0.167. The average Bonchev–Trinajstić information content (AvgIpc) is 3.43. The maximum atomic E-state index is 12.9. The van der Waals surface area contributed by atoms with Crippen LogP contribution in [0.25, 0.3) is 0 Å². The van der Waals surface area contributed by atoms with Crippen molar-refractivity contribution in [1.29, 1.82) is 0 Å². The van der Waals surface area contributed by atoms with E-state index in [9.17, 15) is 14.4 Å². The van der Waals surface area contributed by atoms with Crippen LogP contribution in [0.1, 0.15) is 265 Å². The largest absolute Gasteiger partial charge is 0.462 e. The molecule has 0 spiro atoms. The van der Waals surface area contributed by atoms with Crippen molar-refractivity contribution in [1.82, 2.24) is 0 Å². The van der Waals surface area contributed by atoms with Crippen LogP contribution in [0, 0.1) is 0 Å². The van der Waals surface area contributed by atoms with Gasteiger partial charge in [0, 0.05) is 19.3 Å². The Morgan fingerprint density at radius 2 is 0.532 bits per heavy atom. The highest BCUT2D eigenvalue weighted by atomic mass is 16.6. The molecule has 0 aromatic carbocycles. The summed E-state index contributed by atoms with van der Waals surface area (Å²) in [5.74, 6) is -0.962.